The van der Waals surface area contributed by atoms with E-state index in [9.17, 15) is 0 Å². The normalized spacial score (nSPS) is 31.1. The highest BCUT2D eigenvalue weighted by atomic mass is 16.5. The second-order valence-electron chi connectivity index (χ2n) is 3.51. The molecule has 0 aromatic heterocycles. The maximum absolute atomic E-state index is 5.77. The van der Waals surface area contributed by atoms with Crippen molar-refractivity contribution in [2.45, 2.75) is 38.6 Å². The molecule has 0 amide bonds. The zero-order valence-corrected chi connectivity index (χ0v) is 7.38. The molecule has 11 heavy (non-hydrogen) atoms. The van der Waals surface area contributed by atoms with Gasteiger partial charge >= 0.3 is 0 Å². The summed E-state index contributed by atoms with van der Waals surface area (Å²) in [6, 6.07) is 0.449. The van der Waals surface area contributed by atoms with Gasteiger partial charge in [-0.2, -0.15) is 0 Å². The third-order valence-electron chi connectivity index (χ3n) is 2.28. The number of hydrogen-bond donors (Lipinski definition) is 1. The molecule has 1 fully saturated rings. The van der Waals surface area contributed by atoms with Crippen molar-refractivity contribution >= 4 is 0 Å². The van der Waals surface area contributed by atoms with Crippen molar-refractivity contribution in [2.24, 2.45) is 11.7 Å². The number of hydrogen-bond acceptors (Lipinski definition) is 2. The summed E-state index contributed by atoms with van der Waals surface area (Å²) < 4.78 is 5.46. The van der Waals surface area contributed by atoms with Crippen LogP contribution in [0.25, 0.3) is 0 Å². The van der Waals surface area contributed by atoms with Crippen LogP contribution < -0.4 is 5.73 Å². The average molecular weight is 157 g/mol. The van der Waals surface area contributed by atoms with Crippen LogP contribution >= 0.6 is 0 Å². The standard InChI is InChI=1S/C9H19NO/c1-2-5-11-7-8-3-4-9(10)6-8/h8-9H,2-7,10H2,1H3. The van der Waals surface area contributed by atoms with E-state index in [2.05, 4.69) is 6.92 Å². The molecular formula is C9H19NO. The molecule has 1 rings (SSSR count). The van der Waals surface area contributed by atoms with Crippen LogP contribution in [-0.2, 0) is 4.74 Å². The van der Waals surface area contributed by atoms with E-state index in [-0.39, 0.29) is 0 Å². The average Bonchev–Trinajstić information content (AvgIpc) is 2.37. The monoisotopic (exact) mass is 157 g/mol. The van der Waals surface area contributed by atoms with Crippen molar-refractivity contribution < 1.29 is 4.74 Å². The lowest BCUT2D eigenvalue weighted by molar-refractivity contribution is 0.101. The Balaban J connectivity index is 1.99. The van der Waals surface area contributed by atoms with Crippen LogP contribution in [0.5, 0.6) is 0 Å². The molecule has 0 radical (unpaired) electrons. The number of nitrogens with two attached hydrogens (primary N) is 1. The molecule has 0 bridgehead atoms. The largest absolute Gasteiger partial charge is 0.381 e. The second kappa shape index (κ2) is 4.73. The topological polar surface area (TPSA) is 35.2 Å². The maximum atomic E-state index is 5.77. The van der Waals surface area contributed by atoms with Gasteiger partial charge in [-0.1, -0.05) is 6.92 Å². The summed E-state index contributed by atoms with van der Waals surface area (Å²) in [7, 11) is 0. The van der Waals surface area contributed by atoms with Crippen LogP contribution in [0.4, 0.5) is 0 Å². The molecular weight excluding hydrogens is 138 g/mol. The molecule has 0 aromatic carbocycles. The van der Waals surface area contributed by atoms with E-state index in [0.29, 0.717) is 6.04 Å². The molecule has 2 unspecified atom stereocenters. The van der Waals surface area contributed by atoms with Gasteiger partial charge in [0.1, 0.15) is 0 Å². The van der Waals surface area contributed by atoms with Crippen molar-refractivity contribution in [2.75, 3.05) is 13.2 Å². The summed E-state index contributed by atoms with van der Waals surface area (Å²) in [6.07, 6.45) is 4.76. The Hall–Kier alpha value is -0.0800. The highest BCUT2D eigenvalue weighted by Crippen LogP contribution is 2.23. The van der Waals surface area contributed by atoms with Gasteiger partial charge in [0.25, 0.3) is 0 Å². The predicted octanol–water partition coefficient (Wildman–Crippen LogP) is 1.54. The van der Waals surface area contributed by atoms with Gasteiger partial charge in [-0.05, 0) is 31.6 Å². The zero-order chi connectivity index (χ0) is 8.10. The smallest absolute Gasteiger partial charge is 0.0494 e. The fourth-order valence-electron chi connectivity index (χ4n) is 1.66. The van der Waals surface area contributed by atoms with Gasteiger partial charge in [-0.15, -0.1) is 0 Å². The number of rotatable bonds is 4. The summed E-state index contributed by atoms with van der Waals surface area (Å²) in [5.74, 6) is 0.747. The van der Waals surface area contributed by atoms with Crippen LogP contribution in [0.3, 0.4) is 0 Å². The van der Waals surface area contributed by atoms with Crippen LogP contribution in [0.1, 0.15) is 32.6 Å². The SMILES string of the molecule is CCCOCC1CCC(N)C1. The Morgan fingerprint density at radius 2 is 2.27 bits per heavy atom. The van der Waals surface area contributed by atoms with Crippen LogP contribution in [0.2, 0.25) is 0 Å². The van der Waals surface area contributed by atoms with Crippen LogP contribution in [0.15, 0.2) is 0 Å². The lowest BCUT2D eigenvalue weighted by Crippen LogP contribution is -2.16. The van der Waals surface area contributed by atoms with Gasteiger partial charge in [0.15, 0.2) is 0 Å². The lowest BCUT2D eigenvalue weighted by Gasteiger charge is -2.08. The first kappa shape index (κ1) is 9.01. The first-order valence-electron chi connectivity index (χ1n) is 4.66. The molecule has 2 nitrogen and oxygen atoms in total. The molecule has 2 N–H and O–H groups in total. The van der Waals surface area contributed by atoms with Crippen LogP contribution in [-0.4, -0.2) is 19.3 Å². The van der Waals surface area contributed by atoms with Crippen molar-refractivity contribution in [3.63, 3.8) is 0 Å². The molecule has 1 saturated carbocycles. The predicted molar refractivity (Wildman–Crippen MR) is 46.4 cm³/mol. The fraction of sp³-hybridized carbons (Fsp3) is 1.00. The minimum atomic E-state index is 0.449. The van der Waals surface area contributed by atoms with E-state index in [4.69, 9.17) is 10.5 Å². The first-order chi connectivity index (χ1) is 5.33. The Kier molecular flexibility index (Phi) is 3.87. The molecule has 2 atom stereocenters. The molecule has 0 aliphatic heterocycles. The number of ether oxygens (including phenoxy) is 1. The molecule has 66 valence electrons. The molecule has 1 aliphatic rings. The van der Waals surface area contributed by atoms with Crippen molar-refractivity contribution in [3.05, 3.63) is 0 Å². The summed E-state index contributed by atoms with van der Waals surface area (Å²) in [4.78, 5) is 0. The quantitative estimate of drug-likeness (QED) is 0.628. The fourth-order valence-corrected chi connectivity index (χ4v) is 1.66. The molecule has 0 saturated heterocycles. The Labute approximate surface area is 69.1 Å². The van der Waals surface area contributed by atoms with E-state index in [1.54, 1.807) is 0 Å². The summed E-state index contributed by atoms with van der Waals surface area (Å²) in [6.45, 7) is 3.98. The Bertz CT molecular complexity index is 106. The highest BCUT2D eigenvalue weighted by molar-refractivity contribution is 4.77. The summed E-state index contributed by atoms with van der Waals surface area (Å²) in [5.41, 5.74) is 5.77. The second-order valence-corrected chi connectivity index (χ2v) is 3.51. The van der Waals surface area contributed by atoms with Crippen LogP contribution in [0, 0.1) is 5.92 Å². The third-order valence-corrected chi connectivity index (χ3v) is 2.28. The van der Waals surface area contributed by atoms with Crippen molar-refractivity contribution in [3.8, 4) is 0 Å². The van der Waals surface area contributed by atoms with Gasteiger partial charge < -0.3 is 10.5 Å². The Morgan fingerprint density at radius 3 is 2.82 bits per heavy atom. The molecule has 0 spiro atoms. The summed E-state index contributed by atoms with van der Waals surface area (Å²) >= 11 is 0. The van der Waals surface area contributed by atoms with E-state index in [0.717, 1.165) is 25.6 Å². The highest BCUT2D eigenvalue weighted by Gasteiger charge is 2.21. The molecule has 2 heteroatoms. The zero-order valence-electron chi connectivity index (χ0n) is 7.38. The van der Waals surface area contributed by atoms with Gasteiger partial charge in [0, 0.05) is 19.3 Å². The van der Waals surface area contributed by atoms with E-state index in [1.165, 1.54) is 19.3 Å². The van der Waals surface area contributed by atoms with Gasteiger partial charge in [-0.3, -0.25) is 0 Å². The lowest BCUT2D eigenvalue weighted by atomic mass is 10.1. The molecule has 1 aliphatic carbocycles. The van der Waals surface area contributed by atoms with Gasteiger partial charge in [-0.25, -0.2) is 0 Å². The third kappa shape index (κ3) is 3.21. The molecule has 0 aromatic rings. The minimum Gasteiger partial charge on any atom is -0.381 e. The van der Waals surface area contributed by atoms with Gasteiger partial charge in [0.2, 0.25) is 0 Å². The van der Waals surface area contributed by atoms with Gasteiger partial charge in [0.05, 0.1) is 0 Å². The minimum absolute atomic E-state index is 0.449. The summed E-state index contributed by atoms with van der Waals surface area (Å²) in [5, 5.41) is 0. The first-order valence-corrected chi connectivity index (χ1v) is 4.66. The van der Waals surface area contributed by atoms with E-state index >= 15 is 0 Å². The Morgan fingerprint density at radius 1 is 1.45 bits per heavy atom. The molecule has 0 heterocycles. The van der Waals surface area contributed by atoms with E-state index in [1.807, 2.05) is 0 Å². The van der Waals surface area contributed by atoms with E-state index < -0.39 is 0 Å². The van der Waals surface area contributed by atoms with Crippen molar-refractivity contribution in [1.29, 1.82) is 0 Å². The maximum Gasteiger partial charge on any atom is 0.0494 e. The van der Waals surface area contributed by atoms with Crippen molar-refractivity contribution in [1.82, 2.24) is 0 Å².